The van der Waals surface area contributed by atoms with Gasteiger partial charge in [0, 0.05) is 48.8 Å². The summed E-state index contributed by atoms with van der Waals surface area (Å²) < 4.78 is -1.31. The Morgan fingerprint density at radius 3 is 1.17 bits per heavy atom. The fourth-order valence-corrected chi connectivity index (χ4v) is 10.3. The van der Waals surface area contributed by atoms with Crippen molar-refractivity contribution in [1.29, 1.82) is 0 Å². The van der Waals surface area contributed by atoms with E-state index in [9.17, 15) is 0 Å². The monoisotopic (exact) mass is 398 g/mol. The highest BCUT2D eigenvalue weighted by molar-refractivity contribution is 9.00. The average molecular weight is 399 g/mol. The molecule has 0 bridgehead atoms. The molecule has 0 heterocycles. The lowest BCUT2D eigenvalue weighted by molar-refractivity contribution is 0.187. The van der Waals surface area contributed by atoms with Gasteiger partial charge in [-0.1, -0.05) is 11.8 Å². The van der Waals surface area contributed by atoms with Crippen molar-refractivity contribution in [2.24, 2.45) is 0 Å². The van der Waals surface area contributed by atoms with Gasteiger partial charge in [0.2, 0.25) is 0 Å². The van der Waals surface area contributed by atoms with Gasteiger partial charge in [-0.25, -0.2) is 0 Å². The smallest absolute Gasteiger partial charge is 0.0543 e. The lowest BCUT2D eigenvalue weighted by Gasteiger charge is -2.32. The summed E-state index contributed by atoms with van der Waals surface area (Å²) in [7, 11) is 0. The molecule has 0 saturated carbocycles. The summed E-state index contributed by atoms with van der Waals surface area (Å²) in [5.74, 6) is 2.32. The van der Waals surface area contributed by atoms with E-state index < -0.39 is 4.44 Å². The van der Waals surface area contributed by atoms with Gasteiger partial charge in [-0.2, -0.15) is 0 Å². The maximum atomic E-state index is 5.91. The van der Waals surface area contributed by atoms with E-state index in [-0.39, 0.29) is 0 Å². The van der Waals surface area contributed by atoms with Crippen LogP contribution in [0.3, 0.4) is 0 Å². The zero-order valence-electron chi connectivity index (χ0n) is 16.7. The minimum absolute atomic E-state index is 0.614. The molecule has 0 radical (unpaired) electrons. The Morgan fingerprint density at radius 1 is 0.696 bits per heavy atom. The van der Waals surface area contributed by atoms with Gasteiger partial charge in [0.25, 0.3) is 0 Å². The molecule has 0 amide bonds. The Kier molecular flexibility index (Phi) is 12.5. The molecule has 0 fully saturated rings. The van der Waals surface area contributed by atoms with Crippen LogP contribution in [0, 0.1) is 0 Å². The molecule has 23 heavy (non-hydrogen) atoms. The quantitative estimate of drug-likeness (QED) is 0.392. The van der Waals surface area contributed by atoms with Crippen molar-refractivity contribution in [3.63, 3.8) is 0 Å². The molecule has 140 valence electrons. The van der Waals surface area contributed by atoms with E-state index in [1.54, 1.807) is 0 Å². The molecule has 0 aromatic carbocycles. The van der Waals surface area contributed by atoms with Crippen LogP contribution in [0.25, 0.3) is 0 Å². The first kappa shape index (κ1) is 24.3. The number of hydrogen-bond donors (Lipinski definition) is 0. The lowest BCUT2D eigenvalue weighted by atomic mass is 10.2. The van der Waals surface area contributed by atoms with E-state index in [1.807, 2.05) is 22.8 Å². The van der Waals surface area contributed by atoms with Gasteiger partial charge in [-0.15, -0.1) is 22.8 Å². The van der Waals surface area contributed by atoms with Crippen LogP contribution in [0.5, 0.6) is 0 Å². The molecule has 0 aliphatic heterocycles. The van der Waals surface area contributed by atoms with Crippen LogP contribution in [0.2, 0.25) is 0 Å². The van der Waals surface area contributed by atoms with Crippen molar-refractivity contribution in [2.45, 2.75) is 79.6 Å². The summed E-state index contributed by atoms with van der Waals surface area (Å²) in [6, 6.07) is 2.46. The zero-order chi connectivity index (χ0) is 18.2. The Morgan fingerprint density at radius 2 is 0.957 bits per heavy atom. The summed E-state index contributed by atoms with van der Waals surface area (Å²) in [6.45, 7) is 22.9. The molecule has 0 N–H and O–H groups in total. The standard InChI is InChI=1S/C17H39N2PS3/c1-14(2)18(15(3)4)10-12-22-20(9,21)23-13-11-19(16(5)6)17(7)8/h14-17H,10-13H2,1-9H3. The normalized spacial score (nSPS) is 13.5. The summed E-state index contributed by atoms with van der Waals surface area (Å²) in [5, 5.41) is 0. The van der Waals surface area contributed by atoms with Crippen LogP contribution >= 0.6 is 27.2 Å². The Labute approximate surface area is 159 Å². The van der Waals surface area contributed by atoms with Gasteiger partial charge in [0.05, 0.1) is 4.44 Å². The first-order chi connectivity index (χ1) is 10.5. The van der Waals surface area contributed by atoms with Crippen molar-refractivity contribution >= 4 is 39.0 Å². The molecule has 0 unspecified atom stereocenters. The molecule has 6 heteroatoms. The third-order valence-corrected chi connectivity index (χ3v) is 13.4. The van der Waals surface area contributed by atoms with Crippen LogP contribution in [-0.2, 0) is 11.8 Å². The van der Waals surface area contributed by atoms with E-state index in [2.05, 4.69) is 71.9 Å². The van der Waals surface area contributed by atoms with Gasteiger partial charge in [-0.3, -0.25) is 9.80 Å². The topological polar surface area (TPSA) is 6.48 Å². The second-order valence-corrected chi connectivity index (χ2v) is 20.4. The number of hydrogen-bond acceptors (Lipinski definition) is 5. The second kappa shape index (κ2) is 11.8. The van der Waals surface area contributed by atoms with Gasteiger partial charge in [-0.05, 0) is 62.1 Å². The highest BCUT2D eigenvalue weighted by Crippen LogP contribution is 2.66. The molecular weight excluding hydrogens is 359 g/mol. The third-order valence-electron chi connectivity index (χ3n) is 4.00. The molecule has 0 aliphatic rings. The van der Waals surface area contributed by atoms with Crippen LogP contribution in [0.15, 0.2) is 0 Å². The largest absolute Gasteiger partial charge is 0.298 e. The van der Waals surface area contributed by atoms with Crippen LogP contribution < -0.4 is 0 Å². The predicted molar refractivity (Wildman–Crippen MR) is 119 cm³/mol. The molecule has 0 aliphatic carbocycles. The molecule has 0 aromatic rings. The number of nitrogens with zero attached hydrogens (tertiary/aromatic N) is 2. The molecule has 0 spiro atoms. The second-order valence-electron chi connectivity index (χ2n) is 7.29. The summed E-state index contributed by atoms with van der Waals surface area (Å²) in [4.78, 5) is 5.12. The van der Waals surface area contributed by atoms with E-state index >= 15 is 0 Å². The highest BCUT2D eigenvalue weighted by Gasteiger charge is 2.18. The molecular formula is C17H39N2PS3. The Balaban J connectivity index is 4.22. The molecule has 0 aromatic heterocycles. The fourth-order valence-electron chi connectivity index (χ4n) is 2.89. The third kappa shape index (κ3) is 10.8. The molecule has 0 rings (SSSR count). The minimum Gasteiger partial charge on any atom is -0.298 e. The van der Waals surface area contributed by atoms with Crippen molar-refractivity contribution in [2.75, 3.05) is 31.3 Å². The van der Waals surface area contributed by atoms with Gasteiger partial charge < -0.3 is 0 Å². The van der Waals surface area contributed by atoms with E-state index in [1.165, 1.54) is 0 Å². The van der Waals surface area contributed by atoms with Crippen LogP contribution in [0.4, 0.5) is 0 Å². The maximum Gasteiger partial charge on any atom is 0.0543 e. The minimum atomic E-state index is -1.31. The fraction of sp³-hybridized carbons (Fsp3) is 1.00. The average Bonchev–Trinajstić information content (AvgIpc) is 2.37. The van der Waals surface area contributed by atoms with Crippen molar-refractivity contribution in [3.05, 3.63) is 0 Å². The van der Waals surface area contributed by atoms with Crippen molar-refractivity contribution < 1.29 is 0 Å². The SMILES string of the molecule is CC(C)N(CCSP(C)(=S)SCCN(C(C)C)C(C)C)C(C)C. The van der Waals surface area contributed by atoms with Gasteiger partial charge in [0.1, 0.15) is 0 Å². The van der Waals surface area contributed by atoms with Crippen molar-refractivity contribution in [1.82, 2.24) is 9.80 Å². The Hall–Kier alpha value is 1.27. The van der Waals surface area contributed by atoms with Crippen LogP contribution in [0.1, 0.15) is 55.4 Å². The molecule has 0 atom stereocenters. The molecule has 0 saturated heterocycles. The summed E-state index contributed by atoms with van der Waals surface area (Å²) >= 11 is 9.99. The molecule has 2 nitrogen and oxygen atoms in total. The van der Waals surface area contributed by atoms with Gasteiger partial charge in [0.15, 0.2) is 0 Å². The highest BCUT2D eigenvalue weighted by atomic mass is 33.2. The summed E-state index contributed by atoms with van der Waals surface area (Å²) in [5.41, 5.74) is 0. The first-order valence-electron chi connectivity index (χ1n) is 8.86. The number of rotatable bonds is 12. The zero-order valence-corrected chi connectivity index (χ0v) is 20.0. The van der Waals surface area contributed by atoms with Crippen molar-refractivity contribution in [3.8, 4) is 0 Å². The van der Waals surface area contributed by atoms with E-state index in [0.29, 0.717) is 24.2 Å². The maximum absolute atomic E-state index is 5.91. The Bertz CT molecular complexity index is 314. The van der Waals surface area contributed by atoms with E-state index in [0.717, 1.165) is 24.6 Å². The first-order valence-corrected chi connectivity index (χ1v) is 15.3. The van der Waals surface area contributed by atoms with Crippen LogP contribution in [-0.4, -0.2) is 65.2 Å². The predicted octanol–water partition coefficient (Wildman–Crippen LogP) is 5.63. The van der Waals surface area contributed by atoms with Gasteiger partial charge >= 0.3 is 0 Å². The lowest BCUT2D eigenvalue weighted by Crippen LogP contribution is -2.38. The van der Waals surface area contributed by atoms with E-state index in [4.69, 9.17) is 11.8 Å². The summed E-state index contributed by atoms with van der Waals surface area (Å²) in [6.07, 6.45) is 0.